The van der Waals surface area contributed by atoms with Gasteiger partial charge in [0, 0.05) is 39.3 Å². The molecule has 1 rings (SSSR count). The van der Waals surface area contributed by atoms with Crippen molar-refractivity contribution in [2.24, 2.45) is 0 Å². The summed E-state index contributed by atoms with van der Waals surface area (Å²) in [5, 5.41) is 4.26. The van der Waals surface area contributed by atoms with E-state index in [9.17, 15) is 14.4 Å². The molecule has 1 aliphatic heterocycles. The van der Waals surface area contributed by atoms with E-state index in [1.165, 1.54) is 21.3 Å². The fourth-order valence-corrected chi connectivity index (χ4v) is 2.57. The second-order valence-electron chi connectivity index (χ2n) is 5.87. The average Bonchev–Trinajstić information content (AvgIpc) is 2.73. The monoisotopic (exact) mass is 390 g/mol. The molecule has 1 heterocycles. The molecule has 3 amide bonds. The molecule has 0 aromatic heterocycles. The van der Waals surface area contributed by atoms with Crippen molar-refractivity contribution >= 4 is 17.7 Å². The van der Waals surface area contributed by atoms with E-state index in [0.717, 1.165) is 11.6 Å². The fourth-order valence-electron chi connectivity index (χ4n) is 2.57. The molecule has 3 N–H and O–H groups in total. The van der Waals surface area contributed by atoms with Gasteiger partial charge in [0.05, 0.1) is 34.4 Å². The number of carbonyl (C=O) groups is 3. The van der Waals surface area contributed by atoms with Crippen molar-refractivity contribution in [3.05, 3.63) is 0 Å². The van der Waals surface area contributed by atoms with E-state index in [0.29, 0.717) is 32.7 Å². The van der Waals surface area contributed by atoms with Crippen LogP contribution in [0.25, 0.3) is 0 Å². The second kappa shape index (κ2) is 13.4. The molecule has 12 heteroatoms. The molecule has 156 valence electrons. The highest BCUT2D eigenvalue weighted by Gasteiger charge is 2.21. The minimum Gasteiger partial charge on any atom is -0.314 e. The molecule has 0 radical (unpaired) electrons. The topological polar surface area (TPSA) is 125 Å². The lowest BCUT2D eigenvalue weighted by atomic mass is 10.3. The Morgan fingerprint density at radius 2 is 1.44 bits per heavy atom. The maximum Gasteiger partial charge on any atom is 0.265 e. The number of carbonyl (C=O) groups excluding carboxylic acids is 3. The van der Waals surface area contributed by atoms with Gasteiger partial charge < -0.3 is 5.32 Å². The Morgan fingerprint density at radius 3 is 2.00 bits per heavy atom. The van der Waals surface area contributed by atoms with Crippen molar-refractivity contribution in [1.29, 1.82) is 0 Å². The Kier molecular flexibility index (Phi) is 11.5. The highest BCUT2D eigenvalue weighted by Crippen LogP contribution is 1.99. The first kappa shape index (κ1) is 23.2. The maximum atomic E-state index is 12.4. The molecule has 0 atom stereocenters. The third kappa shape index (κ3) is 9.60. The van der Waals surface area contributed by atoms with Gasteiger partial charge in [-0.2, -0.15) is 0 Å². The Hall–Kier alpha value is -1.83. The van der Waals surface area contributed by atoms with Gasteiger partial charge in [0.2, 0.25) is 0 Å². The number of nitrogens with one attached hydrogen (secondary N) is 3. The van der Waals surface area contributed by atoms with Gasteiger partial charge in [-0.3, -0.25) is 38.7 Å². The zero-order valence-electron chi connectivity index (χ0n) is 16.2. The van der Waals surface area contributed by atoms with E-state index in [4.69, 9.17) is 4.84 Å². The molecule has 1 fully saturated rings. The van der Waals surface area contributed by atoms with Crippen LogP contribution < -0.4 is 16.3 Å². The van der Waals surface area contributed by atoms with Crippen molar-refractivity contribution in [1.82, 2.24) is 31.1 Å². The molecule has 0 aromatic carbocycles. The van der Waals surface area contributed by atoms with Gasteiger partial charge in [-0.25, -0.2) is 16.0 Å². The van der Waals surface area contributed by atoms with Crippen molar-refractivity contribution in [3.8, 4) is 0 Å². The zero-order chi connectivity index (χ0) is 20.1. The van der Waals surface area contributed by atoms with Gasteiger partial charge in [0.15, 0.2) is 0 Å². The number of nitrogens with zero attached hydrogens (tertiary/aromatic N) is 3. The molecule has 27 heavy (non-hydrogen) atoms. The minimum absolute atomic E-state index is 0.0912. The van der Waals surface area contributed by atoms with Crippen molar-refractivity contribution in [3.63, 3.8) is 0 Å². The van der Waals surface area contributed by atoms with Gasteiger partial charge in [-0.1, -0.05) is 0 Å². The average molecular weight is 390 g/mol. The molecule has 0 unspecified atom stereocenters. The van der Waals surface area contributed by atoms with Gasteiger partial charge in [-0.05, 0) is 0 Å². The summed E-state index contributed by atoms with van der Waals surface area (Å²) in [6, 6.07) is 0. The zero-order valence-corrected chi connectivity index (χ0v) is 16.2. The van der Waals surface area contributed by atoms with Crippen LogP contribution in [0.15, 0.2) is 0 Å². The van der Waals surface area contributed by atoms with Crippen LogP contribution in [0.3, 0.4) is 0 Å². The molecule has 0 spiro atoms. The molecular formula is C15H30N6O6. The quantitative estimate of drug-likeness (QED) is 0.352. The predicted molar refractivity (Wildman–Crippen MR) is 94.8 cm³/mol. The first-order valence-corrected chi connectivity index (χ1v) is 8.63. The lowest BCUT2D eigenvalue weighted by Gasteiger charge is -2.27. The summed E-state index contributed by atoms with van der Waals surface area (Å²) in [5.74, 6) is -1.06. The van der Waals surface area contributed by atoms with Crippen molar-refractivity contribution < 1.29 is 28.9 Å². The molecule has 0 bridgehead atoms. The van der Waals surface area contributed by atoms with E-state index < -0.39 is 5.91 Å². The SMILES string of the molecule is CONC(=O)CN1CCNCCN(CC(=O)N(CC(=O)NOC)OC)CC1. The molecule has 0 saturated carbocycles. The molecule has 12 nitrogen and oxygen atoms in total. The summed E-state index contributed by atoms with van der Waals surface area (Å²) in [6.07, 6.45) is 0. The summed E-state index contributed by atoms with van der Waals surface area (Å²) >= 11 is 0. The smallest absolute Gasteiger partial charge is 0.265 e. The fraction of sp³-hybridized carbons (Fsp3) is 0.800. The van der Waals surface area contributed by atoms with Crippen LogP contribution in [-0.2, 0) is 28.9 Å². The summed E-state index contributed by atoms with van der Waals surface area (Å²) < 4.78 is 0. The number of hydrogen-bond acceptors (Lipinski definition) is 9. The van der Waals surface area contributed by atoms with Gasteiger partial charge in [0.25, 0.3) is 17.7 Å². The standard InChI is InChI=1S/C15H30N6O6/c1-25-17-13(22)10-19-6-4-16-5-7-20(9-8-19)12-15(24)21(27-3)11-14(23)18-26-2/h16H,4-12H2,1-3H3,(H,17,22)(H,18,23). The van der Waals surface area contributed by atoms with E-state index in [1.54, 1.807) is 0 Å². The normalized spacial score (nSPS) is 16.7. The summed E-state index contributed by atoms with van der Waals surface area (Å²) in [5.41, 5.74) is 4.44. The van der Waals surface area contributed by atoms with Crippen LogP contribution in [0.4, 0.5) is 0 Å². The Labute approximate surface area is 158 Å². The Morgan fingerprint density at radius 1 is 0.889 bits per heavy atom. The molecular weight excluding hydrogens is 360 g/mol. The van der Waals surface area contributed by atoms with E-state index in [2.05, 4.69) is 26.0 Å². The van der Waals surface area contributed by atoms with Crippen LogP contribution in [0.1, 0.15) is 0 Å². The first-order chi connectivity index (χ1) is 13.0. The van der Waals surface area contributed by atoms with Crippen LogP contribution >= 0.6 is 0 Å². The third-order valence-electron chi connectivity index (χ3n) is 3.89. The molecule has 1 aliphatic rings. The molecule has 1 saturated heterocycles. The maximum absolute atomic E-state index is 12.4. The van der Waals surface area contributed by atoms with Gasteiger partial charge >= 0.3 is 0 Å². The van der Waals surface area contributed by atoms with Crippen molar-refractivity contribution in [2.75, 3.05) is 80.2 Å². The summed E-state index contributed by atoms with van der Waals surface area (Å²) in [4.78, 5) is 53.8. The number of hydrogen-bond donors (Lipinski definition) is 3. The van der Waals surface area contributed by atoms with Crippen LogP contribution in [0.5, 0.6) is 0 Å². The lowest BCUT2D eigenvalue weighted by Crippen LogP contribution is -2.47. The van der Waals surface area contributed by atoms with Crippen molar-refractivity contribution in [2.45, 2.75) is 0 Å². The predicted octanol–water partition coefficient (Wildman–Crippen LogP) is -3.06. The Bertz CT molecular complexity index is 480. The van der Waals surface area contributed by atoms with Gasteiger partial charge in [-0.15, -0.1) is 0 Å². The minimum atomic E-state index is -0.492. The van der Waals surface area contributed by atoms with E-state index in [-0.39, 0.29) is 31.4 Å². The van der Waals surface area contributed by atoms with Crippen LogP contribution in [0, 0.1) is 0 Å². The Balaban J connectivity index is 2.56. The number of amides is 3. The highest BCUT2D eigenvalue weighted by molar-refractivity contribution is 5.84. The van der Waals surface area contributed by atoms with Gasteiger partial charge in [0.1, 0.15) is 6.54 Å². The number of hydroxylamine groups is 4. The van der Waals surface area contributed by atoms with E-state index >= 15 is 0 Å². The first-order valence-electron chi connectivity index (χ1n) is 8.63. The third-order valence-corrected chi connectivity index (χ3v) is 3.89. The summed E-state index contributed by atoms with van der Waals surface area (Å²) in [7, 11) is 4.03. The second-order valence-corrected chi connectivity index (χ2v) is 5.87. The van der Waals surface area contributed by atoms with Crippen LogP contribution in [-0.4, -0.2) is 113 Å². The largest absolute Gasteiger partial charge is 0.314 e. The highest BCUT2D eigenvalue weighted by atomic mass is 16.7. The summed E-state index contributed by atoms with van der Waals surface area (Å²) in [6.45, 7) is 4.06. The number of rotatable bonds is 9. The van der Waals surface area contributed by atoms with Crippen LogP contribution in [0.2, 0.25) is 0 Å². The molecule has 0 aromatic rings. The molecule has 0 aliphatic carbocycles. The lowest BCUT2D eigenvalue weighted by molar-refractivity contribution is -0.181. The van der Waals surface area contributed by atoms with E-state index in [1.807, 2.05) is 9.80 Å².